The van der Waals surface area contributed by atoms with Crippen LogP contribution in [-0.2, 0) is 0 Å². The minimum Gasteiger partial charge on any atom is -0.279 e. The minimum absolute atomic E-state index is 0.979. The second-order valence-electron chi connectivity index (χ2n) is 7.38. The van der Waals surface area contributed by atoms with Gasteiger partial charge in [-0.25, -0.2) is 0 Å². The van der Waals surface area contributed by atoms with Crippen LogP contribution in [0.1, 0.15) is 5.56 Å². The van der Waals surface area contributed by atoms with Crippen molar-refractivity contribution >= 4 is 55.0 Å². The first-order valence-electron chi connectivity index (χ1n) is 9.82. The Hall–Kier alpha value is -3.91. The summed E-state index contributed by atoms with van der Waals surface area (Å²) in [6, 6.07) is 34.2. The van der Waals surface area contributed by atoms with Crippen LogP contribution in [0.2, 0.25) is 0 Å². The molecule has 6 aromatic carbocycles. The van der Waals surface area contributed by atoms with Gasteiger partial charge in [0.1, 0.15) is 0 Å². The van der Waals surface area contributed by atoms with Gasteiger partial charge < -0.3 is 0 Å². The molecule has 0 aromatic heterocycles. The van der Waals surface area contributed by atoms with E-state index in [1.807, 2.05) is 36.5 Å². The molecule has 0 spiro atoms. The molecule has 0 amide bonds. The lowest BCUT2D eigenvalue weighted by Gasteiger charge is -2.15. The largest absolute Gasteiger partial charge is 0.279 e. The van der Waals surface area contributed by atoms with E-state index in [1.54, 1.807) is 0 Å². The van der Waals surface area contributed by atoms with Crippen molar-refractivity contribution in [2.24, 2.45) is 5.10 Å². The molecule has 6 rings (SSSR count). The fourth-order valence-electron chi connectivity index (χ4n) is 4.47. The maximum Gasteiger partial charge on any atom is 0.0561 e. The monoisotopic (exact) mass is 370 g/mol. The van der Waals surface area contributed by atoms with Crippen molar-refractivity contribution < 1.29 is 0 Å². The number of nitrogens with one attached hydrogen (secondary N) is 1. The molecule has 0 aliphatic rings. The Morgan fingerprint density at radius 1 is 0.517 bits per heavy atom. The van der Waals surface area contributed by atoms with Crippen LogP contribution in [0.4, 0.5) is 5.69 Å². The van der Waals surface area contributed by atoms with Crippen molar-refractivity contribution in [1.29, 1.82) is 0 Å². The Morgan fingerprint density at radius 2 is 1.14 bits per heavy atom. The Kier molecular flexibility index (Phi) is 3.50. The summed E-state index contributed by atoms with van der Waals surface area (Å²) in [7, 11) is 0. The molecule has 0 aliphatic heterocycles. The van der Waals surface area contributed by atoms with Crippen molar-refractivity contribution in [2.75, 3.05) is 5.43 Å². The number of fused-ring (bicyclic) bond motifs is 2. The smallest absolute Gasteiger partial charge is 0.0561 e. The number of nitrogens with zero attached hydrogens (tertiary/aromatic N) is 1. The first-order chi connectivity index (χ1) is 14.4. The minimum atomic E-state index is 0.979. The molecule has 2 heteroatoms. The molecule has 0 aliphatic carbocycles. The summed E-state index contributed by atoms with van der Waals surface area (Å²) in [6.07, 6.45) is 1.91. The van der Waals surface area contributed by atoms with Gasteiger partial charge in [0.05, 0.1) is 11.9 Å². The number of hydrogen-bond acceptors (Lipinski definition) is 2. The van der Waals surface area contributed by atoms with E-state index < -0.39 is 0 Å². The molecule has 29 heavy (non-hydrogen) atoms. The lowest BCUT2D eigenvalue weighted by molar-refractivity contribution is 1.35. The van der Waals surface area contributed by atoms with Crippen LogP contribution in [0.15, 0.2) is 102 Å². The maximum atomic E-state index is 4.47. The van der Waals surface area contributed by atoms with Gasteiger partial charge >= 0.3 is 0 Å². The molecule has 0 saturated carbocycles. The average Bonchev–Trinajstić information content (AvgIpc) is 2.78. The Balaban J connectivity index is 1.61. The Labute approximate surface area is 168 Å². The summed E-state index contributed by atoms with van der Waals surface area (Å²) in [5, 5.41) is 14.9. The van der Waals surface area contributed by atoms with Gasteiger partial charge in [0.15, 0.2) is 0 Å². The highest BCUT2D eigenvalue weighted by atomic mass is 15.3. The second-order valence-corrected chi connectivity index (χ2v) is 7.38. The predicted molar refractivity (Wildman–Crippen MR) is 125 cm³/mol. The molecule has 0 heterocycles. The molecule has 0 radical (unpaired) electrons. The van der Waals surface area contributed by atoms with Gasteiger partial charge in [-0.15, -0.1) is 0 Å². The van der Waals surface area contributed by atoms with E-state index in [9.17, 15) is 0 Å². The van der Waals surface area contributed by atoms with E-state index in [1.165, 1.54) is 43.1 Å². The highest BCUT2D eigenvalue weighted by Gasteiger charge is 2.13. The van der Waals surface area contributed by atoms with Crippen LogP contribution in [0.3, 0.4) is 0 Å². The van der Waals surface area contributed by atoms with Crippen molar-refractivity contribution in [3.63, 3.8) is 0 Å². The third-order valence-electron chi connectivity index (χ3n) is 5.73. The summed E-state index contributed by atoms with van der Waals surface area (Å²) >= 11 is 0. The van der Waals surface area contributed by atoms with Crippen molar-refractivity contribution in [1.82, 2.24) is 0 Å². The summed E-state index contributed by atoms with van der Waals surface area (Å²) in [5.41, 5.74) is 5.21. The standard InChI is InChI=1S/C27H18N2/c1-2-9-20(10-3-1)29-28-17-19-15-16-25-23-13-5-8-18-7-4-12-22(26(18)23)24-14-6-11-21(19)27(24)25/h1-17,29H. The Morgan fingerprint density at radius 3 is 1.90 bits per heavy atom. The van der Waals surface area contributed by atoms with Crippen LogP contribution >= 0.6 is 0 Å². The molecule has 0 fully saturated rings. The molecule has 0 atom stereocenters. The van der Waals surface area contributed by atoms with Crippen LogP contribution in [0, 0.1) is 0 Å². The zero-order chi connectivity index (χ0) is 19.2. The van der Waals surface area contributed by atoms with Gasteiger partial charge in [0.2, 0.25) is 0 Å². The van der Waals surface area contributed by atoms with Gasteiger partial charge in [-0.2, -0.15) is 5.10 Å². The summed E-state index contributed by atoms with van der Waals surface area (Å²) in [6.45, 7) is 0. The van der Waals surface area contributed by atoms with E-state index in [0.717, 1.165) is 11.3 Å². The zero-order valence-electron chi connectivity index (χ0n) is 15.8. The lowest BCUT2D eigenvalue weighted by atomic mass is 9.88. The predicted octanol–water partition coefficient (Wildman–Crippen LogP) is 7.18. The SMILES string of the molecule is C(=NNc1ccccc1)c1ccc2c3cccc4cccc(c5cccc1c52)c43. The highest BCUT2D eigenvalue weighted by molar-refractivity contribution is 6.33. The molecular formula is C27H18N2. The molecule has 0 bridgehead atoms. The first-order valence-corrected chi connectivity index (χ1v) is 9.82. The maximum absolute atomic E-state index is 4.47. The molecule has 1 N–H and O–H groups in total. The van der Waals surface area contributed by atoms with Gasteiger partial charge in [-0.05, 0) is 55.2 Å². The number of para-hydroxylation sites is 1. The molecule has 136 valence electrons. The van der Waals surface area contributed by atoms with Gasteiger partial charge in [-0.3, -0.25) is 5.43 Å². The second kappa shape index (κ2) is 6.32. The van der Waals surface area contributed by atoms with E-state index in [0.29, 0.717) is 0 Å². The van der Waals surface area contributed by atoms with Crippen molar-refractivity contribution in [3.05, 3.63) is 103 Å². The van der Waals surface area contributed by atoms with E-state index in [2.05, 4.69) is 77.3 Å². The molecule has 0 saturated heterocycles. The quantitative estimate of drug-likeness (QED) is 0.152. The summed E-state index contributed by atoms with van der Waals surface area (Å²) < 4.78 is 0. The third kappa shape index (κ3) is 2.46. The fraction of sp³-hybridized carbons (Fsp3) is 0. The van der Waals surface area contributed by atoms with Gasteiger partial charge in [0.25, 0.3) is 0 Å². The first kappa shape index (κ1) is 16.1. The lowest BCUT2D eigenvalue weighted by Crippen LogP contribution is -1.93. The number of benzene rings is 6. The summed E-state index contributed by atoms with van der Waals surface area (Å²) in [4.78, 5) is 0. The van der Waals surface area contributed by atoms with Crippen LogP contribution < -0.4 is 5.43 Å². The van der Waals surface area contributed by atoms with E-state index in [-0.39, 0.29) is 0 Å². The number of anilines is 1. The van der Waals surface area contributed by atoms with Crippen molar-refractivity contribution in [2.45, 2.75) is 0 Å². The van der Waals surface area contributed by atoms with E-state index in [4.69, 9.17) is 0 Å². The van der Waals surface area contributed by atoms with Crippen LogP contribution in [-0.4, -0.2) is 6.21 Å². The molecule has 2 nitrogen and oxygen atoms in total. The normalized spacial score (nSPS) is 12.0. The fourth-order valence-corrected chi connectivity index (χ4v) is 4.47. The van der Waals surface area contributed by atoms with Crippen LogP contribution in [0.25, 0.3) is 43.1 Å². The van der Waals surface area contributed by atoms with Crippen molar-refractivity contribution in [3.8, 4) is 0 Å². The number of hydrogen-bond donors (Lipinski definition) is 1. The third-order valence-corrected chi connectivity index (χ3v) is 5.73. The average molecular weight is 370 g/mol. The molecule has 0 unspecified atom stereocenters. The van der Waals surface area contributed by atoms with E-state index >= 15 is 0 Å². The number of rotatable bonds is 3. The Bertz CT molecular complexity index is 1460. The molecule has 6 aromatic rings. The van der Waals surface area contributed by atoms with Gasteiger partial charge in [0, 0.05) is 5.56 Å². The van der Waals surface area contributed by atoms with Crippen LogP contribution in [0.5, 0.6) is 0 Å². The number of hydrazone groups is 1. The zero-order valence-corrected chi connectivity index (χ0v) is 15.8. The van der Waals surface area contributed by atoms with Gasteiger partial charge in [-0.1, -0.05) is 84.9 Å². The molecular weight excluding hydrogens is 352 g/mol. The summed E-state index contributed by atoms with van der Waals surface area (Å²) in [5.74, 6) is 0. The highest BCUT2D eigenvalue weighted by Crippen LogP contribution is 2.40. The topological polar surface area (TPSA) is 24.4 Å².